The van der Waals surface area contributed by atoms with Gasteiger partial charge >= 0.3 is 5.97 Å². The highest BCUT2D eigenvalue weighted by Gasteiger charge is 2.41. The number of hydrogen-bond donors (Lipinski definition) is 2. The van der Waals surface area contributed by atoms with Gasteiger partial charge in [-0.25, -0.2) is 14.8 Å². The van der Waals surface area contributed by atoms with E-state index in [9.17, 15) is 9.59 Å². The van der Waals surface area contributed by atoms with E-state index in [4.69, 9.17) is 5.11 Å². The Balaban J connectivity index is 2.22. The third kappa shape index (κ3) is 3.37. The van der Waals surface area contributed by atoms with E-state index in [0.717, 1.165) is 32.1 Å². The number of carboxylic acid groups (broad SMARTS) is 1. The van der Waals surface area contributed by atoms with E-state index in [1.54, 1.807) is 0 Å². The number of nitrogens with one attached hydrogen (secondary N) is 1. The van der Waals surface area contributed by atoms with E-state index < -0.39 is 11.4 Å². The SMILES string of the molecule is CC(C)CC1(C(=O)Nc2nccnc2C(=O)O)CCCC1. The van der Waals surface area contributed by atoms with E-state index in [2.05, 4.69) is 29.1 Å². The first-order valence-corrected chi connectivity index (χ1v) is 7.30. The molecule has 0 bridgehead atoms. The van der Waals surface area contributed by atoms with Crippen LogP contribution in [0.2, 0.25) is 0 Å². The molecule has 1 amide bonds. The number of rotatable bonds is 5. The van der Waals surface area contributed by atoms with Gasteiger partial charge in [-0.3, -0.25) is 4.79 Å². The van der Waals surface area contributed by atoms with Gasteiger partial charge in [0.2, 0.25) is 5.91 Å². The summed E-state index contributed by atoms with van der Waals surface area (Å²) >= 11 is 0. The van der Waals surface area contributed by atoms with E-state index in [1.807, 2.05) is 0 Å². The topological polar surface area (TPSA) is 92.2 Å². The lowest BCUT2D eigenvalue weighted by molar-refractivity contribution is -0.126. The molecule has 1 heterocycles. The maximum Gasteiger partial charge on any atom is 0.358 e. The fourth-order valence-electron chi connectivity index (χ4n) is 3.18. The highest BCUT2D eigenvalue weighted by molar-refractivity contribution is 6.00. The number of carboxylic acids is 1. The molecule has 0 saturated heterocycles. The van der Waals surface area contributed by atoms with Crippen LogP contribution in [-0.2, 0) is 4.79 Å². The monoisotopic (exact) mass is 291 g/mol. The zero-order chi connectivity index (χ0) is 15.5. The summed E-state index contributed by atoms with van der Waals surface area (Å²) in [6.07, 6.45) is 7.25. The number of carbonyl (C=O) groups is 2. The lowest BCUT2D eigenvalue weighted by Crippen LogP contribution is -2.35. The van der Waals surface area contributed by atoms with Crippen molar-refractivity contribution in [3.05, 3.63) is 18.1 Å². The van der Waals surface area contributed by atoms with Gasteiger partial charge in [0.15, 0.2) is 11.5 Å². The van der Waals surface area contributed by atoms with Gasteiger partial charge in [0.25, 0.3) is 0 Å². The summed E-state index contributed by atoms with van der Waals surface area (Å²) in [5, 5.41) is 11.8. The molecule has 2 N–H and O–H groups in total. The molecule has 1 aromatic rings. The average Bonchev–Trinajstić information content (AvgIpc) is 2.88. The van der Waals surface area contributed by atoms with Gasteiger partial charge in [-0.05, 0) is 25.2 Å². The standard InChI is InChI=1S/C15H21N3O3/c1-10(2)9-15(5-3-4-6-15)14(21)18-12-11(13(19)20)16-7-8-17-12/h7-8,10H,3-6,9H2,1-2H3,(H,19,20)(H,17,18,21). The molecule has 0 atom stereocenters. The minimum absolute atomic E-state index is 0.0324. The van der Waals surface area contributed by atoms with Gasteiger partial charge in [0, 0.05) is 17.8 Å². The Morgan fingerprint density at radius 1 is 1.29 bits per heavy atom. The number of nitrogens with zero attached hydrogens (tertiary/aromatic N) is 2. The minimum atomic E-state index is -1.19. The van der Waals surface area contributed by atoms with Crippen LogP contribution in [0.1, 0.15) is 56.4 Å². The average molecular weight is 291 g/mol. The molecule has 1 aromatic heterocycles. The van der Waals surface area contributed by atoms with Gasteiger partial charge in [0.1, 0.15) is 0 Å². The number of amides is 1. The first-order valence-electron chi connectivity index (χ1n) is 7.30. The van der Waals surface area contributed by atoms with Gasteiger partial charge < -0.3 is 10.4 Å². The Morgan fingerprint density at radius 2 is 1.90 bits per heavy atom. The molecule has 6 nitrogen and oxygen atoms in total. The summed E-state index contributed by atoms with van der Waals surface area (Å²) < 4.78 is 0. The van der Waals surface area contributed by atoms with Crippen LogP contribution in [0.5, 0.6) is 0 Å². The third-order valence-corrected chi connectivity index (χ3v) is 3.97. The van der Waals surface area contributed by atoms with Gasteiger partial charge in [-0.2, -0.15) is 0 Å². The Morgan fingerprint density at radius 3 is 2.48 bits per heavy atom. The molecule has 6 heteroatoms. The van der Waals surface area contributed by atoms with Gasteiger partial charge in [0.05, 0.1) is 0 Å². The van der Waals surface area contributed by atoms with E-state index in [0.29, 0.717) is 5.92 Å². The molecule has 0 spiro atoms. The van der Waals surface area contributed by atoms with Crippen molar-refractivity contribution < 1.29 is 14.7 Å². The molecular formula is C15H21N3O3. The van der Waals surface area contributed by atoms with E-state index in [1.165, 1.54) is 12.4 Å². The Bertz CT molecular complexity index is 537. The number of anilines is 1. The van der Waals surface area contributed by atoms with Crippen molar-refractivity contribution in [1.82, 2.24) is 9.97 Å². The summed E-state index contributed by atoms with van der Waals surface area (Å²) in [5.41, 5.74) is -0.620. The Kier molecular flexibility index (Phi) is 4.55. The molecule has 0 aromatic carbocycles. The molecule has 1 fully saturated rings. The normalized spacial score (nSPS) is 16.9. The number of carbonyl (C=O) groups excluding carboxylic acids is 1. The first kappa shape index (κ1) is 15.4. The zero-order valence-electron chi connectivity index (χ0n) is 12.4. The van der Waals surface area contributed by atoms with Crippen LogP contribution < -0.4 is 5.32 Å². The summed E-state index contributed by atoms with van der Waals surface area (Å²) in [7, 11) is 0. The summed E-state index contributed by atoms with van der Waals surface area (Å²) in [5.74, 6) is -0.876. The summed E-state index contributed by atoms with van der Waals surface area (Å²) in [4.78, 5) is 31.5. The highest BCUT2D eigenvalue weighted by atomic mass is 16.4. The van der Waals surface area contributed by atoms with Crippen LogP contribution in [0.25, 0.3) is 0 Å². The molecular weight excluding hydrogens is 270 g/mol. The van der Waals surface area contributed by atoms with Crippen LogP contribution in [0.15, 0.2) is 12.4 Å². The first-order chi connectivity index (χ1) is 9.94. The lowest BCUT2D eigenvalue weighted by Gasteiger charge is -2.29. The molecule has 0 radical (unpaired) electrons. The van der Waals surface area contributed by atoms with Crippen LogP contribution in [0, 0.1) is 11.3 Å². The molecule has 2 rings (SSSR count). The molecule has 1 aliphatic rings. The molecule has 1 saturated carbocycles. The predicted molar refractivity (Wildman–Crippen MR) is 78.0 cm³/mol. The minimum Gasteiger partial charge on any atom is -0.476 e. The fourth-order valence-corrected chi connectivity index (χ4v) is 3.18. The van der Waals surface area contributed by atoms with Crippen LogP contribution in [0.3, 0.4) is 0 Å². The smallest absolute Gasteiger partial charge is 0.358 e. The molecule has 1 aliphatic carbocycles. The Labute approximate surface area is 124 Å². The maximum absolute atomic E-state index is 12.7. The number of aromatic carboxylic acids is 1. The second kappa shape index (κ2) is 6.20. The van der Waals surface area contributed by atoms with Crippen molar-refractivity contribution in [3.63, 3.8) is 0 Å². The zero-order valence-corrected chi connectivity index (χ0v) is 12.4. The predicted octanol–water partition coefficient (Wildman–Crippen LogP) is 2.72. The lowest BCUT2D eigenvalue weighted by atomic mass is 9.77. The van der Waals surface area contributed by atoms with Crippen LogP contribution in [-0.4, -0.2) is 27.0 Å². The largest absolute Gasteiger partial charge is 0.476 e. The molecule has 0 unspecified atom stereocenters. The number of hydrogen-bond acceptors (Lipinski definition) is 4. The van der Waals surface area contributed by atoms with Crippen molar-refractivity contribution >= 4 is 17.7 Å². The quantitative estimate of drug-likeness (QED) is 0.870. The molecule has 114 valence electrons. The van der Waals surface area contributed by atoms with Crippen LogP contribution >= 0.6 is 0 Å². The van der Waals surface area contributed by atoms with Gasteiger partial charge in [-0.15, -0.1) is 0 Å². The maximum atomic E-state index is 12.7. The molecule has 21 heavy (non-hydrogen) atoms. The summed E-state index contributed by atoms with van der Waals surface area (Å²) in [6.45, 7) is 4.19. The highest BCUT2D eigenvalue weighted by Crippen LogP contribution is 2.44. The van der Waals surface area contributed by atoms with E-state index in [-0.39, 0.29) is 17.4 Å². The second-order valence-corrected chi connectivity index (χ2v) is 6.10. The van der Waals surface area contributed by atoms with E-state index >= 15 is 0 Å². The van der Waals surface area contributed by atoms with Crippen molar-refractivity contribution in [1.29, 1.82) is 0 Å². The van der Waals surface area contributed by atoms with Gasteiger partial charge in [-0.1, -0.05) is 26.7 Å². The number of aromatic nitrogens is 2. The van der Waals surface area contributed by atoms with Crippen molar-refractivity contribution in [2.75, 3.05) is 5.32 Å². The third-order valence-electron chi connectivity index (χ3n) is 3.97. The molecule has 0 aliphatic heterocycles. The summed E-state index contributed by atoms with van der Waals surface area (Å²) in [6, 6.07) is 0. The fraction of sp³-hybridized carbons (Fsp3) is 0.600. The van der Waals surface area contributed by atoms with Crippen molar-refractivity contribution in [3.8, 4) is 0 Å². The van der Waals surface area contributed by atoms with Crippen molar-refractivity contribution in [2.24, 2.45) is 11.3 Å². The van der Waals surface area contributed by atoms with Crippen LogP contribution in [0.4, 0.5) is 5.82 Å². The van der Waals surface area contributed by atoms with Crippen molar-refractivity contribution in [2.45, 2.75) is 46.0 Å². The second-order valence-electron chi connectivity index (χ2n) is 6.10. The Hall–Kier alpha value is -1.98.